The quantitative estimate of drug-likeness (QED) is 0.925. The van der Waals surface area contributed by atoms with Gasteiger partial charge in [0.05, 0.1) is 12.8 Å². The number of rotatable bonds is 4. The summed E-state index contributed by atoms with van der Waals surface area (Å²) >= 11 is 3.33. The SMILES string of the molecule is COc1ccc(Br)cc1NC(=O)C(C)OC. The van der Waals surface area contributed by atoms with E-state index in [1.165, 1.54) is 7.11 Å². The maximum absolute atomic E-state index is 11.6. The highest BCUT2D eigenvalue weighted by Crippen LogP contribution is 2.27. The van der Waals surface area contributed by atoms with Crippen LogP contribution in [-0.4, -0.2) is 26.2 Å². The molecule has 5 heteroatoms. The van der Waals surface area contributed by atoms with Crippen molar-refractivity contribution in [3.63, 3.8) is 0 Å². The van der Waals surface area contributed by atoms with E-state index in [9.17, 15) is 4.79 Å². The zero-order valence-electron chi connectivity index (χ0n) is 9.41. The molecular formula is C11H14BrNO3. The Morgan fingerprint density at radius 3 is 2.69 bits per heavy atom. The Morgan fingerprint density at radius 2 is 2.12 bits per heavy atom. The maximum atomic E-state index is 11.6. The highest BCUT2D eigenvalue weighted by atomic mass is 79.9. The first-order valence-corrected chi connectivity index (χ1v) is 5.55. The molecule has 88 valence electrons. The van der Waals surface area contributed by atoms with Crippen LogP contribution in [0.5, 0.6) is 5.75 Å². The van der Waals surface area contributed by atoms with Gasteiger partial charge in [0, 0.05) is 11.6 Å². The minimum atomic E-state index is -0.497. The molecule has 0 fully saturated rings. The van der Waals surface area contributed by atoms with Gasteiger partial charge in [-0.2, -0.15) is 0 Å². The van der Waals surface area contributed by atoms with E-state index in [2.05, 4.69) is 21.2 Å². The Bertz CT molecular complexity index is 381. The second-order valence-electron chi connectivity index (χ2n) is 3.21. The standard InChI is InChI=1S/C11H14BrNO3/c1-7(15-2)11(14)13-9-6-8(12)4-5-10(9)16-3/h4-7H,1-3H3,(H,13,14). The molecule has 0 aliphatic carbocycles. The molecule has 1 amide bonds. The van der Waals surface area contributed by atoms with E-state index in [1.54, 1.807) is 26.2 Å². The predicted octanol–water partition coefficient (Wildman–Crippen LogP) is 2.43. The fourth-order valence-electron chi connectivity index (χ4n) is 1.12. The van der Waals surface area contributed by atoms with Crippen molar-refractivity contribution in [3.05, 3.63) is 22.7 Å². The zero-order valence-corrected chi connectivity index (χ0v) is 11.0. The van der Waals surface area contributed by atoms with Crippen molar-refractivity contribution in [2.45, 2.75) is 13.0 Å². The van der Waals surface area contributed by atoms with Gasteiger partial charge < -0.3 is 14.8 Å². The Labute approximate surface area is 103 Å². The number of halogens is 1. The number of nitrogens with one attached hydrogen (secondary N) is 1. The molecule has 16 heavy (non-hydrogen) atoms. The molecule has 1 aromatic carbocycles. The van der Waals surface area contributed by atoms with Crippen LogP contribution in [0.4, 0.5) is 5.69 Å². The number of carbonyl (C=O) groups excluding carboxylic acids is 1. The largest absolute Gasteiger partial charge is 0.495 e. The fraction of sp³-hybridized carbons (Fsp3) is 0.364. The lowest BCUT2D eigenvalue weighted by Gasteiger charge is -2.13. The van der Waals surface area contributed by atoms with E-state index in [0.29, 0.717) is 11.4 Å². The van der Waals surface area contributed by atoms with Gasteiger partial charge in [0.15, 0.2) is 0 Å². The van der Waals surface area contributed by atoms with Gasteiger partial charge in [-0.1, -0.05) is 15.9 Å². The van der Waals surface area contributed by atoms with E-state index in [0.717, 1.165) is 4.47 Å². The molecule has 0 aromatic heterocycles. The summed E-state index contributed by atoms with van der Waals surface area (Å²) in [6.07, 6.45) is -0.497. The molecule has 0 aliphatic heterocycles. The van der Waals surface area contributed by atoms with Crippen LogP contribution in [0.2, 0.25) is 0 Å². The van der Waals surface area contributed by atoms with Crippen molar-refractivity contribution >= 4 is 27.5 Å². The molecule has 0 heterocycles. The molecule has 1 rings (SSSR count). The lowest BCUT2D eigenvalue weighted by atomic mass is 10.2. The van der Waals surface area contributed by atoms with Crippen molar-refractivity contribution in [3.8, 4) is 5.75 Å². The molecule has 0 saturated heterocycles. The monoisotopic (exact) mass is 287 g/mol. The van der Waals surface area contributed by atoms with Crippen molar-refractivity contribution in [1.29, 1.82) is 0 Å². The van der Waals surface area contributed by atoms with Crippen LogP contribution in [0.15, 0.2) is 22.7 Å². The Morgan fingerprint density at radius 1 is 1.44 bits per heavy atom. The average Bonchev–Trinajstić information content (AvgIpc) is 2.28. The predicted molar refractivity (Wildman–Crippen MR) is 65.8 cm³/mol. The minimum absolute atomic E-state index is 0.209. The normalized spacial score (nSPS) is 12.0. The molecule has 4 nitrogen and oxygen atoms in total. The second kappa shape index (κ2) is 5.86. The lowest BCUT2D eigenvalue weighted by Crippen LogP contribution is -2.26. The molecule has 0 spiro atoms. The molecule has 0 saturated carbocycles. The number of hydrogen-bond donors (Lipinski definition) is 1. The Hall–Kier alpha value is -1.07. The highest BCUT2D eigenvalue weighted by molar-refractivity contribution is 9.10. The topological polar surface area (TPSA) is 47.6 Å². The van der Waals surface area contributed by atoms with Gasteiger partial charge in [0.1, 0.15) is 11.9 Å². The van der Waals surface area contributed by atoms with Crippen LogP contribution >= 0.6 is 15.9 Å². The van der Waals surface area contributed by atoms with Gasteiger partial charge in [-0.25, -0.2) is 0 Å². The van der Waals surface area contributed by atoms with E-state index in [-0.39, 0.29) is 5.91 Å². The fourth-order valence-corrected chi connectivity index (χ4v) is 1.48. The first-order valence-electron chi connectivity index (χ1n) is 4.75. The van der Waals surface area contributed by atoms with Crippen LogP contribution in [0.1, 0.15) is 6.92 Å². The summed E-state index contributed by atoms with van der Waals surface area (Å²) in [5, 5.41) is 2.73. The van der Waals surface area contributed by atoms with Crippen LogP contribution in [0.3, 0.4) is 0 Å². The minimum Gasteiger partial charge on any atom is -0.495 e. The number of amides is 1. The van der Waals surface area contributed by atoms with E-state index in [1.807, 2.05) is 6.07 Å². The van der Waals surface area contributed by atoms with Crippen molar-refractivity contribution in [2.75, 3.05) is 19.5 Å². The molecule has 1 unspecified atom stereocenters. The number of ether oxygens (including phenoxy) is 2. The van der Waals surface area contributed by atoms with Crippen molar-refractivity contribution < 1.29 is 14.3 Å². The number of anilines is 1. The number of carbonyl (C=O) groups is 1. The summed E-state index contributed by atoms with van der Waals surface area (Å²) in [4.78, 5) is 11.6. The molecule has 1 atom stereocenters. The van der Waals surface area contributed by atoms with E-state index < -0.39 is 6.10 Å². The van der Waals surface area contributed by atoms with Crippen molar-refractivity contribution in [2.24, 2.45) is 0 Å². The summed E-state index contributed by atoms with van der Waals surface area (Å²) in [6.45, 7) is 1.68. The smallest absolute Gasteiger partial charge is 0.253 e. The third kappa shape index (κ3) is 3.21. The number of benzene rings is 1. The lowest BCUT2D eigenvalue weighted by molar-refractivity contribution is -0.124. The van der Waals surface area contributed by atoms with Crippen LogP contribution in [0.25, 0.3) is 0 Å². The summed E-state index contributed by atoms with van der Waals surface area (Å²) < 4.78 is 10.9. The molecule has 0 bridgehead atoms. The highest BCUT2D eigenvalue weighted by Gasteiger charge is 2.14. The summed E-state index contributed by atoms with van der Waals surface area (Å²) in [5.74, 6) is 0.402. The Balaban J connectivity index is 2.87. The third-order valence-electron chi connectivity index (χ3n) is 2.14. The van der Waals surface area contributed by atoms with Crippen LogP contribution < -0.4 is 10.1 Å². The molecule has 0 radical (unpaired) electrons. The van der Waals surface area contributed by atoms with Crippen LogP contribution in [-0.2, 0) is 9.53 Å². The van der Waals surface area contributed by atoms with E-state index >= 15 is 0 Å². The van der Waals surface area contributed by atoms with E-state index in [4.69, 9.17) is 9.47 Å². The summed E-state index contributed by atoms with van der Waals surface area (Å²) in [5.41, 5.74) is 0.616. The molecule has 1 aromatic rings. The number of hydrogen-bond acceptors (Lipinski definition) is 3. The van der Waals surface area contributed by atoms with Gasteiger partial charge in [-0.05, 0) is 25.1 Å². The van der Waals surface area contributed by atoms with Crippen LogP contribution in [0, 0.1) is 0 Å². The van der Waals surface area contributed by atoms with Gasteiger partial charge >= 0.3 is 0 Å². The maximum Gasteiger partial charge on any atom is 0.253 e. The van der Waals surface area contributed by atoms with Gasteiger partial charge in [0.2, 0.25) is 0 Å². The molecule has 0 aliphatic rings. The molecule has 1 N–H and O–H groups in total. The summed E-state index contributed by atoms with van der Waals surface area (Å²) in [6, 6.07) is 5.39. The first-order chi connectivity index (χ1) is 7.58. The number of methoxy groups -OCH3 is 2. The molecular weight excluding hydrogens is 274 g/mol. The second-order valence-corrected chi connectivity index (χ2v) is 4.13. The van der Waals surface area contributed by atoms with Gasteiger partial charge in [-0.15, -0.1) is 0 Å². The summed E-state index contributed by atoms with van der Waals surface area (Å²) in [7, 11) is 3.04. The van der Waals surface area contributed by atoms with Gasteiger partial charge in [0.25, 0.3) is 5.91 Å². The van der Waals surface area contributed by atoms with Crippen molar-refractivity contribution in [1.82, 2.24) is 0 Å². The third-order valence-corrected chi connectivity index (χ3v) is 2.64. The zero-order chi connectivity index (χ0) is 12.1. The average molecular weight is 288 g/mol. The first kappa shape index (κ1) is 13.0. The van der Waals surface area contributed by atoms with Gasteiger partial charge in [-0.3, -0.25) is 4.79 Å². The Kier molecular flexibility index (Phi) is 4.76.